The van der Waals surface area contributed by atoms with Gasteiger partial charge < -0.3 is 23.7 Å². The van der Waals surface area contributed by atoms with Gasteiger partial charge in [-0.1, -0.05) is 55.4 Å². The van der Waals surface area contributed by atoms with E-state index in [0.29, 0.717) is 52.1 Å². The molecule has 0 radical (unpaired) electrons. The van der Waals surface area contributed by atoms with Gasteiger partial charge in [0.2, 0.25) is 5.78 Å². The van der Waals surface area contributed by atoms with Crippen LogP contribution in [0.15, 0.2) is 70.3 Å². The molecular weight excluding hydrogens is 604 g/mol. The second-order valence-electron chi connectivity index (χ2n) is 11.3. The zero-order valence-corrected chi connectivity index (χ0v) is 27.3. The number of ether oxygens (including phenoxy) is 3. The molecule has 46 heavy (non-hydrogen) atoms. The Labute approximate surface area is 271 Å². The number of furan rings is 1. The molecule has 1 N–H and O–H groups in total. The molecule has 9 nitrogen and oxygen atoms in total. The smallest absolute Gasteiger partial charge is 0.296 e. The molecule has 1 unspecified atom stereocenters. The van der Waals surface area contributed by atoms with Crippen molar-refractivity contribution in [2.75, 3.05) is 25.2 Å². The first kappa shape index (κ1) is 31.2. The van der Waals surface area contributed by atoms with E-state index in [1.54, 1.807) is 42.5 Å². The Morgan fingerprint density at radius 2 is 1.85 bits per heavy atom. The van der Waals surface area contributed by atoms with Crippen LogP contribution in [-0.4, -0.2) is 42.1 Å². The van der Waals surface area contributed by atoms with Crippen molar-refractivity contribution >= 4 is 49.3 Å². The van der Waals surface area contributed by atoms with E-state index in [9.17, 15) is 14.7 Å². The number of hydrogen-bond acceptors (Lipinski definition) is 9. The van der Waals surface area contributed by atoms with Gasteiger partial charge >= 0.3 is 0 Å². The number of carbonyl (C=O) groups excluding carboxylic acids is 2. The standard InChI is InChI=1S/C36H36N2O7S/c1-6-8-9-15-44-24-14-13-22(18-26(24)43-7-2)31-29(32(39)27-19-23-11-10-12-25(42-5)34(23)45-27)33(40)35(41)38(31)36-37-30-21(4)16-20(3)17-28(30)46-36/h10-14,16-19,31,40H,6-9,15H2,1-5H3. The third-order valence-corrected chi connectivity index (χ3v) is 9.02. The lowest BCUT2D eigenvalue weighted by molar-refractivity contribution is -0.117. The normalized spacial score (nSPS) is 14.9. The molecule has 1 aliphatic rings. The van der Waals surface area contributed by atoms with Crippen LogP contribution in [-0.2, 0) is 4.79 Å². The van der Waals surface area contributed by atoms with E-state index in [4.69, 9.17) is 23.6 Å². The summed E-state index contributed by atoms with van der Waals surface area (Å²) in [7, 11) is 1.52. The fraction of sp³-hybridized carbons (Fsp3) is 0.306. The number of nitrogens with zero attached hydrogens (tertiary/aromatic N) is 2. The topological polar surface area (TPSA) is 111 Å². The molecule has 1 amide bonds. The summed E-state index contributed by atoms with van der Waals surface area (Å²) >= 11 is 1.33. The Morgan fingerprint density at radius 1 is 1.02 bits per heavy atom. The fourth-order valence-corrected chi connectivity index (χ4v) is 7.04. The average molecular weight is 641 g/mol. The fourth-order valence-electron chi connectivity index (χ4n) is 5.87. The number of aliphatic hydroxyl groups excluding tert-OH is 1. The first-order valence-electron chi connectivity index (χ1n) is 15.4. The van der Waals surface area contributed by atoms with Crippen molar-refractivity contribution in [3.05, 3.63) is 88.4 Å². The molecular formula is C36H36N2O7S. The first-order valence-corrected chi connectivity index (χ1v) is 16.2. The molecule has 1 aliphatic heterocycles. The maximum Gasteiger partial charge on any atom is 0.296 e. The number of aromatic nitrogens is 1. The maximum atomic E-state index is 14.3. The molecule has 5 aromatic rings. The van der Waals surface area contributed by atoms with Crippen LogP contribution in [0.25, 0.3) is 21.2 Å². The second-order valence-corrected chi connectivity index (χ2v) is 12.3. The molecule has 0 fully saturated rings. The number of rotatable bonds is 12. The average Bonchev–Trinajstić information content (AvgIpc) is 3.74. The van der Waals surface area contributed by atoms with Crippen molar-refractivity contribution in [3.63, 3.8) is 0 Å². The molecule has 0 aliphatic carbocycles. The number of ketones is 1. The van der Waals surface area contributed by atoms with Gasteiger partial charge in [0.1, 0.15) is 0 Å². The van der Waals surface area contributed by atoms with Crippen LogP contribution < -0.4 is 19.1 Å². The molecule has 1 atom stereocenters. The lowest BCUT2D eigenvalue weighted by Gasteiger charge is -2.25. The Kier molecular flexibility index (Phi) is 8.73. The van der Waals surface area contributed by atoms with Crippen LogP contribution >= 0.6 is 11.3 Å². The summed E-state index contributed by atoms with van der Waals surface area (Å²) in [5, 5.41) is 12.4. The predicted octanol–water partition coefficient (Wildman–Crippen LogP) is 8.42. The summed E-state index contributed by atoms with van der Waals surface area (Å²) in [5.41, 5.74) is 3.62. The maximum absolute atomic E-state index is 14.3. The van der Waals surface area contributed by atoms with E-state index in [-0.39, 0.29) is 11.3 Å². The summed E-state index contributed by atoms with van der Waals surface area (Å²) in [6.45, 7) is 8.89. The number of carbonyl (C=O) groups is 2. The van der Waals surface area contributed by atoms with Crippen LogP contribution in [0.1, 0.15) is 66.4 Å². The van der Waals surface area contributed by atoms with Gasteiger partial charge in [-0.3, -0.25) is 14.5 Å². The minimum atomic E-state index is -1.02. The lowest BCUT2D eigenvalue weighted by atomic mass is 9.95. The van der Waals surface area contributed by atoms with Crippen molar-refractivity contribution in [3.8, 4) is 17.2 Å². The Balaban J connectivity index is 1.49. The Morgan fingerprint density at radius 3 is 2.61 bits per heavy atom. The van der Waals surface area contributed by atoms with Crippen molar-refractivity contribution in [1.29, 1.82) is 0 Å². The first-order chi connectivity index (χ1) is 22.2. The molecule has 3 heterocycles. The molecule has 0 saturated heterocycles. The number of anilines is 1. The monoisotopic (exact) mass is 640 g/mol. The number of aliphatic hydroxyl groups is 1. The highest BCUT2D eigenvalue weighted by molar-refractivity contribution is 7.22. The van der Waals surface area contributed by atoms with E-state index in [0.717, 1.165) is 40.6 Å². The minimum absolute atomic E-state index is 0.0302. The number of hydrogen-bond donors (Lipinski definition) is 1. The number of aryl methyl sites for hydroxylation is 2. The SMILES string of the molecule is CCCCCOc1ccc(C2C(C(=O)c3cc4cccc(OC)c4o3)=C(O)C(=O)N2c2nc3c(C)cc(C)cc3s2)cc1OCC. The summed E-state index contributed by atoms with van der Waals surface area (Å²) in [6.07, 6.45) is 3.02. The molecule has 6 rings (SSSR count). The van der Waals surface area contributed by atoms with Crippen molar-refractivity contribution < 1.29 is 33.3 Å². The molecule has 3 aromatic carbocycles. The Bertz CT molecular complexity index is 1990. The number of methoxy groups -OCH3 is 1. The highest BCUT2D eigenvalue weighted by Gasteiger charge is 2.47. The number of thiazole rings is 1. The van der Waals surface area contributed by atoms with Crippen LogP contribution in [0, 0.1) is 13.8 Å². The van der Waals surface area contributed by atoms with Gasteiger partial charge in [0.25, 0.3) is 5.91 Å². The molecule has 0 spiro atoms. The van der Waals surface area contributed by atoms with E-state index >= 15 is 0 Å². The zero-order chi connectivity index (χ0) is 32.5. The summed E-state index contributed by atoms with van der Waals surface area (Å²) in [4.78, 5) is 34.4. The molecule has 0 saturated carbocycles. The van der Waals surface area contributed by atoms with Crippen molar-refractivity contribution in [2.24, 2.45) is 0 Å². The minimum Gasteiger partial charge on any atom is -0.503 e. The zero-order valence-electron chi connectivity index (χ0n) is 26.5. The summed E-state index contributed by atoms with van der Waals surface area (Å²) in [6, 6.07) is 15.3. The van der Waals surface area contributed by atoms with E-state index < -0.39 is 23.5 Å². The van der Waals surface area contributed by atoms with E-state index in [1.165, 1.54) is 23.3 Å². The lowest BCUT2D eigenvalue weighted by Crippen LogP contribution is -2.31. The number of benzene rings is 3. The van der Waals surface area contributed by atoms with Crippen LogP contribution in [0.2, 0.25) is 0 Å². The second kappa shape index (κ2) is 12.9. The number of amides is 1. The van der Waals surface area contributed by atoms with Crippen LogP contribution in [0.5, 0.6) is 17.2 Å². The van der Waals surface area contributed by atoms with Gasteiger partial charge in [0, 0.05) is 5.39 Å². The molecule has 2 aromatic heterocycles. The number of Topliss-reactive ketones (excluding diaryl/α,β-unsaturated/α-hetero) is 1. The summed E-state index contributed by atoms with van der Waals surface area (Å²) in [5.74, 6) is -0.535. The Hall–Kier alpha value is -4.83. The number of unbranched alkanes of at least 4 members (excludes halogenated alkanes) is 2. The van der Waals surface area contributed by atoms with Gasteiger partial charge in [0.15, 0.2) is 39.5 Å². The van der Waals surface area contributed by atoms with Crippen LogP contribution in [0.3, 0.4) is 0 Å². The van der Waals surface area contributed by atoms with Crippen LogP contribution in [0.4, 0.5) is 5.13 Å². The highest BCUT2D eigenvalue weighted by Crippen LogP contribution is 2.46. The van der Waals surface area contributed by atoms with Gasteiger partial charge in [-0.2, -0.15) is 0 Å². The number of fused-ring (bicyclic) bond motifs is 2. The highest BCUT2D eigenvalue weighted by atomic mass is 32.1. The predicted molar refractivity (Wildman–Crippen MR) is 179 cm³/mol. The van der Waals surface area contributed by atoms with Gasteiger partial charge in [0.05, 0.1) is 42.2 Å². The van der Waals surface area contributed by atoms with E-state index in [2.05, 4.69) is 6.92 Å². The molecule has 0 bridgehead atoms. The van der Waals surface area contributed by atoms with Crippen molar-refractivity contribution in [2.45, 2.75) is 53.0 Å². The molecule has 238 valence electrons. The molecule has 10 heteroatoms. The summed E-state index contributed by atoms with van der Waals surface area (Å²) < 4.78 is 24.3. The number of para-hydroxylation sites is 1. The quantitative estimate of drug-likeness (QED) is 0.107. The third kappa shape index (κ3) is 5.58. The van der Waals surface area contributed by atoms with Gasteiger partial charge in [-0.25, -0.2) is 4.98 Å². The van der Waals surface area contributed by atoms with Gasteiger partial charge in [-0.15, -0.1) is 0 Å². The largest absolute Gasteiger partial charge is 0.503 e. The van der Waals surface area contributed by atoms with Gasteiger partial charge in [-0.05, 0) is 74.2 Å². The third-order valence-electron chi connectivity index (χ3n) is 8.02. The van der Waals surface area contributed by atoms with E-state index in [1.807, 2.05) is 32.9 Å². The van der Waals surface area contributed by atoms with Crippen molar-refractivity contribution in [1.82, 2.24) is 4.98 Å².